The van der Waals surface area contributed by atoms with Gasteiger partial charge in [0, 0.05) is 22.2 Å². The van der Waals surface area contributed by atoms with Crippen LogP contribution in [0.5, 0.6) is 0 Å². The Labute approximate surface area is 166 Å². The molecule has 0 saturated heterocycles. The van der Waals surface area contributed by atoms with Crippen LogP contribution >= 0.6 is 35.1 Å². The van der Waals surface area contributed by atoms with E-state index in [0.29, 0.717) is 18.0 Å². The van der Waals surface area contributed by atoms with Crippen molar-refractivity contribution < 1.29 is 14.0 Å². The van der Waals surface area contributed by atoms with E-state index in [1.807, 2.05) is 30.5 Å². The predicted octanol–water partition coefficient (Wildman–Crippen LogP) is 3.69. The summed E-state index contributed by atoms with van der Waals surface area (Å²) in [5, 5.41) is 6.32. The van der Waals surface area contributed by atoms with Crippen molar-refractivity contribution in [2.45, 2.75) is 17.4 Å². The largest absolute Gasteiger partial charge is 0.459 e. The fraction of sp³-hybridized carbons (Fsp3) is 0.333. The lowest BCUT2D eigenvalue weighted by molar-refractivity contribution is -0.122. The SMILES string of the molecule is CSCCC(NC(=O)c1ccco1)C(=O)NCCSc1ccc(Cl)cc1. The zero-order chi connectivity index (χ0) is 18.8. The molecule has 2 rings (SSSR count). The number of thioether (sulfide) groups is 2. The summed E-state index contributed by atoms with van der Waals surface area (Å²) in [5.74, 6) is 1.14. The van der Waals surface area contributed by atoms with Crippen molar-refractivity contribution in [2.24, 2.45) is 0 Å². The van der Waals surface area contributed by atoms with E-state index in [1.54, 1.807) is 35.7 Å². The van der Waals surface area contributed by atoms with Gasteiger partial charge in [-0.15, -0.1) is 11.8 Å². The van der Waals surface area contributed by atoms with Gasteiger partial charge in [0.15, 0.2) is 5.76 Å². The van der Waals surface area contributed by atoms with E-state index in [2.05, 4.69) is 10.6 Å². The lowest BCUT2D eigenvalue weighted by atomic mass is 10.2. The topological polar surface area (TPSA) is 71.3 Å². The molecule has 5 nitrogen and oxygen atoms in total. The van der Waals surface area contributed by atoms with Gasteiger partial charge in [-0.25, -0.2) is 0 Å². The van der Waals surface area contributed by atoms with E-state index in [-0.39, 0.29) is 17.6 Å². The van der Waals surface area contributed by atoms with Crippen LogP contribution in [0.15, 0.2) is 52.0 Å². The van der Waals surface area contributed by atoms with Gasteiger partial charge in [0.05, 0.1) is 6.26 Å². The third kappa shape index (κ3) is 6.97. The summed E-state index contributed by atoms with van der Waals surface area (Å²) < 4.78 is 5.07. The molecule has 0 aliphatic rings. The Morgan fingerprint density at radius 1 is 1.19 bits per heavy atom. The van der Waals surface area contributed by atoms with E-state index in [0.717, 1.165) is 16.4 Å². The molecule has 26 heavy (non-hydrogen) atoms. The van der Waals surface area contributed by atoms with Gasteiger partial charge < -0.3 is 15.1 Å². The number of hydrogen-bond donors (Lipinski definition) is 2. The molecule has 8 heteroatoms. The van der Waals surface area contributed by atoms with Gasteiger partial charge in [0.2, 0.25) is 5.91 Å². The Balaban J connectivity index is 1.79. The van der Waals surface area contributed by atoms with Crippen molar-refractivity contribution in [1.29, 1.82) is 0 Å². The minimum atomic E-state index is -0.583. The van der Waals surface area contributed by atoms with Crippen molar-refractivity contribution in [3.63, 3.8) is 0 Å². The third-order valence-electron chi connectivity index (χ3n) is 3.46. The molecule has 0 spiro atoms. The first-order valence-electron chi connectivity index (χ1n) is 8.09. The maximum Gasteiger partial charge on any atom is 0.287 e. The third-order valence-corrected chi connectivity index (χ3v) is 5.37. The van der Waals surface area contributed by atoms with Crippen LogP contribution in [0.1, 0.15) is 17.0 Å². The first kappa shape index (κ1) is 20.7. The van der Waals surface area contributed by atoms with Crippen molar-refractivity contribution in [2.75, 3.05) is 24.3 Å². The highest BCUT2D eigenvalue weighted by molar-refractivity contribution is 7.99. The Morgan fingerprint density at radius 3 is 2.62 bits per heavy atom. The Kier molecular flexibility index (Phi) is 8.94. The number of carbonyl (C=O) groups excluding carboxylic acids is 2. The Bertz CT molecular complexity index is 693. The minimum Gasteiger partial charge on any atom is -0.459 e. The van der Waals surface area contributed by atoms with Gasteiger partial charge in [0.1, 0.15) is 6.04 Å². The quantitative estimate of drug-likeness (QED) is 0.460. The Morgan fingerprint density at radius 2 is 1.96 bits per heavy atom. The first-order chi connectivity index (χ1) is 12.6. The summed E-state index contributed by atoms with van der Waals surface area (Å²) in [4.78, 5) is 25.6. The fourth-order valence-electron chi connectivity index (χ4n) is 2.14. The molecule has 0 aliphatic heterocycles. The van der Waals surface area contributed by atoms with E-state index < -0.39 is 6.04 Å². The van der Waals surface area contributed by atoms with Crippen LogP contribution in [0.2, 0.25) is 5.02 Å². The lowest BCUT2D eigenvalue weighted by Gasteiger charge is -2.17. The molecule has 0 radical (unpaired) electrons. The molecule has 0 bridgehead atoms. The molecule has 1 atom stereocenters. The fourth-order valence-corrected chi connectivity index (χ4v) is 3.50. The van der Waals surface area contributed by atoms with Crippen LogP contribution in [0.25, 0.3) is 0 Å². The molecule has 2 N–H and O–H groups in total. The van der Waals surface area contributed by atoms with Crippen LogP contribution in [0.4, 0.5) is 0 Å². The van der Waals surface area contributed by atoms with E-state index in [9.17, 15) is 9.59 Å². The molecule has 2 amide bonds. The van der Waals surface area contributed by atoms with E-state index in [4.69, 9.17) is 16.0 Å². The van der Waals surface area contributed by atoms with Gasteiger partial charge in [-0.05, 0) is 54.8 Å². The second kappa shape index (κ2) is 11.2. The van der Waals surface area contributed by atoms with Crippen LogP contribution in [0.3, 0.4) is 0 Å². The van der Waals surface area contributed by atoms with Crippen LogP contribution in [-0.2, 0) is 4.79 Å². The maximum atomic E-state index is 12.4. The zero-order valence-corrected chi connectivity index (χ0v) is 16.8. The molecule has 1 heterocycles. The average Bonchev–Trinajstić information content (AvgIpc) is 3.18. The number of hydrogen-bond acceptors (Lipinski definition) is 5. The molecule has 1 aromatic carbocycles. The van der Waals surface area contributed by atoms with Crippen molar-refractivity contribution in [1.82, 2.24) is 10.6 Å². The smallest absolute Gasteiger partial charge is 0.287 e. The van der Waals surface area contributed by atoms with Crippen LogP contribution in [0, 0.1) is 0 Å². The molecule has 1 unspecified atom stereocenters. The molecular weight excluding hydrogens is 392 g/mol. The normalized spacial score (nSPS) is 11.8. The standard InChI is InChI=1S/C18H21ClN2O3S2/c1-25-11-8-15(21-18(23)16-3-2-10-24-16)17(22)20-9-12-26-14-6-4-13(19)5-7-14/h2-7,10,15H,8-9,11-12H2,1H3,(H,20,22)(H,21,23). The summed E-state index contributed by atoms with van der Waals surface area (Å²) in [6.07, 6.45) is 3.95. The minimum absolute atomic E-state index is 0.185. The molecule has 0 saturated carbocycles. The number of halogens is 1. The molecule has 0 fully saturated rings. The molecule has 0 aliphatic carbocycles. The number of amides is 2. The number of rotatable bonds is 10. The summed E-state index contributed by atoms with van der Waals surface area (Å²) in [6.45, 7) is 0.512. The van der Waals surface area contributed by atoms with Gasteiger partial charge in [-0.3, -0.25) is 9.59 Å². The van der Waals surface area contributed by atoms with E-state index in [1.165, 1.54) is 6.26 Å². The number of furan rings is 1. The van der Waals surface area contributed by atoms with Crippen molar-refractivity contribution >= 4 is 46.9 Å². The molecule has 1 aromatic heterocycles. The second-order valence-corrected chi connectivity index (χ2v) is 7.97. The molecular formula is C18H21ClN2O3S2. The summed E-state index contributed by atoms with van der Waals surface area (Å²) in [5.41, 5.74) is 0. The maximum absolute atomic E-state index is 12.4. The van der Waals surface area contributed by atoms with Gasteiger partial charge >= 0.3 is 0 Å². The summed E-state index contributed by atoms with van der Waals surface area (Å²) in [7, 11) is 0. The van der Waals surface area contributed by atoms with Crippen LogP contribution < -0.4 is 10.6 Å². The lowest BCUT2D eigenvalue weighted by Crippen LogP contribution is -2.47. The average molecular weight is 413 g/mol. The highest BCUT2D eigenvalue weighted by Crippen LogP contribution is 2.19. The highest BCUT2D eigenvalue weighted by atomic mass is 35.5. The van der Waals surface area contributed by atoms with Gasteiger partial charge in [0.25, 0.3) is 5.91 Å². The summed E-state index contributed by atoms with van der Waals surface area (Å²) in [6, 6.07) is 10.2. The number of benzene rings is 1. The van der Waals surface area contributed by atoms with E-state index >= 15 is 0 Å². The summed E-state index contributed by atoms with van der Waals surface area (Å²) >= 11 is 9.12. The van der Waals surface area contributed by atoms with Crippen LogP contribution in [-0.4, -0.2) is 42.2 Å². The number of carbonyl (C=O) groups is 2. The first-order valence-corrected chi connectivity index (χ1v) is 10.9. The van der Waals surface area contributed by atoms with Crippen molar-refractivity contribution in [3.8, 4) is 0 Å². The Hall–Kier alpha value is -1.57. The number of nitrogens with one attached hydrogen (secondary N) is 2. The molecule has 2 aromatic rings. The molecule has 140 valence electrons. The monoisotopic (exact) mass is 412 g/mol. The zero-order valence-electron chi connectivity index (χ0n) is 14.4. The highest BCUT2D eigenvalue weighted by Gasteiger charge is 2.21. The van der Waals surface area contributed by atoms with Gasteiger partial charge in [-0.2, -0.15) is 11.8 Å². The predicted molar refractivity (Wildman–Crippen MR) is 108 cm³/mol. The van der Waals surface area contributed by atoms with Gasteiger partial charge in [-0.1, -0.05) is 11.6 Å². The van der Waals surface area contributed by atoms with Crippen molar-refractivity contribution in [3.05, 3.63) is 53.4 Å². The second-order valence-electron chi connectivity index (χ2n) is 5.38.